The van der Waals surface area contributed by atoms with Gasteiger partial charge in [0.25, 0.3) is 0 Å². The number of H-pyrrole nitrogens is 1. The molecule has 0 amide bonds. The summed E-state index contributed by atoms with van der Waals surface area (Å²) in [5.74, 6) is 1.50. The fourth-order valence-corrected chi connectivity index (χ4v) is 1.98. The first kappa shape index (κ1) is 12.4. The lowest BCUT2D eigenvalue weighted by molar-refractivity contribution is 0.874. The van der Waals surface area contributed by atoms with Gasteiger partial charge in [0, 0.05) is 22.9 Å². The number of aromatic nitrogens is 3. The van der Waals surface area contributed by atoms with Crippen molar-refractivity contribution in [2.75, 3.05) is 6.54 Å². The van der Waals surface area contributed by atoms with Crippen LogP contribution >= 0.6 is 23.2 Å². The second kappa shape index (κ2) is 5.49. The molecule has 6 heteroatoms. The molecule has 0 aliphatic heterocycles. The molecule has 2 aromatic rings. The zero-order valence-corrected chi connectivity index (χ0v) is 10.6. The molecule has 0 saturated carbocycles. The smallest absolute Gasteiger partial charge is 0.151 e. The van der Waals surface area contributed by atoms with Gasteiger partial charge in [0.15, 0.2) is 5.82 Å². The van der Waals surface area contributed by atoms with Gasteiger partial charge in [0.2, 0.25) is 0 Å². The number of nitrogens with two attached hydrogens (primary N) is 1. The molecule has 0 unspecified atom stereocenters. The Hall–Kier alpha value is -1.10. The average Bonchev–Trinajstić information content (AvgIpc) is 2.71. The van der Waals surface area contributed by atoms with Gasteiger partial charge in [-0.1, -0.05) is 29.3 Å². The van der Waals surface area contributed by atoms with E-state index < -0.39 is 0 Å². The van der Waals surface area contributed by atoms with Crippen molar-refractivity contribution in [3.8, 4) is 0 Å². The minimum absolute atomic E-state index is 0.541. The van der Waals surface area contributed by atoms with Crippen molar-refractivity contribution < 1.29 is 0 Å². The van der Waals surface area contributed by atoms with Gasteiger partial charge < -0.3 is 5.73 Å². The molecule has 2 rings (SSSR count). The number of rotatable bonds is 4. The van der Waals surface area contributed by atoms with Gasteiger partial charge in [0.05, 0.1) is 0 Å². The molecule has 1 heterocycles. The van der Waals surface area contributed by atoms with Gasteiger partial charge in [-0.05, 0) is 24.2 Å². The SMILES string of the molecule is NCCc1n[nH]c(Cc2ccc(Cl)cc2Cl)n1. The second-order valence-electron chi connectivity index (χ2n) is 3.65. The number of halogens is 2. The fourth-order valence-electron chi connectivity index (χ4n) is 1.50. The lowest BCUT2D eigenvalue weighted by Gasteiger charge is -2.01. The molecule has 0 radical (unpaired) electrons. The quantitative estimate of drug-likeness (QED) is 0.895. The molecule has 0 aliphatic rings. The first-order valence-electron chi connectivity index (χ1n) is 5.23. The van der Waals surface area contributed by atoms with Crippen LogP contribution in [0.15, 0.2) is 18.2 Å². The number of benzene rings is 1. The average molecular weight is 271 g/mol. The molecule has 0 spiro atoms. The lowest BCUT2D eigenvalue weighted by atomic mass is 10.1. The standard InChI is InChI=1S/C11H12Cl2N4/c12-8-2-1-7(9(13)6-8)5-11-15-10(3-4-14)16-17-11/h1-2,6H,3-5,14H2,(H,15,16,17). The Bertz CT molecular complexity index is 510. The molecule has 0 saturated heterocycles. The first-order chi connectivity index (χ1) is 8.19. The van der Waals surface area contributed by atoms with Crippen molar-refractivity contribution in [1.29, 1.82) is 0 Å². The highest BCUT2D eigenvalue weighted by molar-refractivity contribution is 6.35. The van der Waals surface area contributed by atoms with E-state index in [0.29, 0.717) is 29.4 Å². The predicted molar refractivity (Wildman–Crippen MR) is 68.4 cm³/mol. The highest BCUT2D eigenvalue weighted by Crippen LogP contribution is 2.22. The molecule has 1 aromatic heterocycles. The van der Waals surface area contributed by atoms with Crippen LogP contribution in [0, 0.1) is 0 Å². The monoisotopic (exact) mass is 270 g/mol. The molecule has 17 heavy (non-hydrogen) atoms. The van der Waals surface area contributed by atoms with Gasteiger partial charge in [-0.2, -0.15) is 5.10 Å². The van der Waals surface area contributed by atoms with Crippen LogP contribution < -0.4 is 5.73 Å². The maximum absolute atomic E-state index is 6.08. The van der Waals surface area contributed by atoms with Crippen LogP contribution in [-0.4, -0.2) is 21.7 Å². The van der Waals surface area contributed by atoms with E-state index in [1.807, 2.05) is 6.07 Å². The number of aromatic amines is 1. The Morgan fingerprint density at radius 3 is 2.82 bits per heavy atom. The number of nitrogens with one attached hydrogen (secondary N) is 1. The highest BCUT2D eigenvalue weighted by atomic mass is 35.5. The third kappa shape index (κ3) is 3.19. The van der Waals surface area contributed by atoms with Crippen LogP contribution in [0.3, 0.4) is 0 Å². The summed E-state index contributed by atoms with van der Waals surface area (Å²) in [6.07, 6.45) is 1.28. The maximum atomic E-state index is 6.08. The lowest BCUT2D eigenvalue weighted by Crippen LogP contribution is -2.04. The Balaban J connectivity index is 2.13. The molecule has 90 valence electrons. The van der Waals surface area contributed by atoms with E-state index in [1.54, 1.807) is 12.1 Å². The highest BCUT2D eigenvalue weighted by Gasteiger charge is 2.06. The Morgan fingerprint density at radius 2 is 2.12 bits per heavy atom. The van der Waals surface area contributed by atoms with Crippen LogP contribution in [0.2, 0.25) is 10.0 Å². The van der Waals surface area contributed by atoms with Crippen molar-refractivity contribution in [3.05, 3.63) is 45.5 Å². The van der Waals surface area contributed by atoms with E-state index >= 15 is 0 Å². The third-order valence-corrected chi connectivity index (χ3v) is 2.91. The van der Waals surface area contributed by atoms with E-state index in [9.17, 15) is 0 Å². The molecule has 1 aromatic carbocycles. The zero-order chi connectivity index (χ0) is 12.3. The molecule has 0 bridgehead atoms. The van der Waals surface area contributed by atoms with Crippen LogP contribution in [0.5, 0.6) is 0 Å². The topological polar surface area (TPSA) is 67.6 Å². The molecule has 3 N–H and O–H groups in total. The number of hydrogen-bond acceptors (Lipinski definition) is 3. The van der Waals surface area contributed by atoms with Crippen LogP contribution in [-0.2, 0) is 12.8 Å². The van der Waals surface area contributed by atoms with Crippen molar-refractivity contribution >= 4 is 23.2 Å². The minimum Gasteiger partial charge on any atom is -0.330 e. The summed E-state index contributed by atoms with van der Waals surface area (Å²) in [6.45, 7) is 0.541. The second-order valence-corrected chi connectivity index (χ2v) is 4.49. The number of nitrogens with zero attached hydrogens (tertiary/aromatic N) is 2. The van der Waals surface area contributed by atoms with Crippen molar-refractivity contribution in [2.45, 2.75) is 12.8 Å². The molecule has 0 atom stereocenters. The summed E-state index contributed by atoms with van der Waals surface area (Å²) in [5, 5.41) is 8.20. The van der Waals surface area contributed by atoms with Gasteiger partial charge in [-0.3, -0.25) is 5.10 Å². The third-order valence-electron chi connectivity index (χ3n) is 2.32. The van der Waals surface area contributed by atoms with Crippen LogP contribution in [0.4, 0.5) is 0 Å². The van der Waals surface area contributed by atoms with Gasteiger partial charge >= 0.3 is 0 Å². The van der Waals surface area contributed by atoms with Crippen molar-refractivity contribution in [2.24, 2.45) is 5.73 Å². The maximum Gasteiger partial charge on any atom is 0.151 e. The van der Waals surface area contributed by atoms with E-state index in [0.717, 1.165) is 17.2 Å². The predicted octanol–water partition coefficient (Wildman–Crippen LogP) is 2.20. The number of hydrogen-bond donors (Lipinski definition) is 2. The van der Waals surface area contributed by atoms with E-state index in [-0.39, 0.29) is 0 Å². The van der Waals surface area contributed by atoms with Gasteiger partial charge in [0.1, 0.15) is 5.82 Å². The zero-order valence-electron chi connectivity index (χ0n) is 9.08. The van der Waals surface area contributed by atoms with Crippen LogP contribution in [0.25, 0.3) is 0 Å². The van der Waals surface area contributed by atoms with E-state index in [2.05, 4.69) is 15.2 Å². The summed E-state index contributed by atoms with van der Waals surface area (Å²) in [7, 11) is 0. The Labute approximate surface area is 109 Å². The molecule has 0 fully saturated rings. The summed E-state index contributed by atoms with van der Waals surface area (Å²) in [4.78, 5) is 4.32. The minimum atomic E-state index is 0.541. The van der Waals surface area contributed by atoms with Gasteiger partial charge in [-0.15, -0.1) is 0 Å². The summed E-state index contributed by atoms with van der Waals surface area (Å²) < 4.78 is 0. The largest absolute Gasteiger partial charge is 0.330 e. The fraction of sp³-hybridized carbons (Fsp3) is 0.273. The molecular formula is C11H12Cl2N4. The van der Waals surface area contributed by atoms with Crippen molar-refractivity contribution in [1.82, 2.24) is 15.2 Å². The summed E-state index contributed by atoms with van der Waals surface area (Å²) >= 11 is 11.9. The molecular weight excluding hydrogens is 259 g/mol. The summed E-state index contributed by atoms with van der Waals surface area (Å²) in [6, 6.07) is 5.41. The molecule has 4 nitrogen and oxygen atoms in total. The van der Waals surface area contributed by atoms with Gasteiger partial charge in [-0.25, -0.2) is 4.98 Å². The first-order valence-corrected chi connectivity index (χ1v) is 5.99. The van der Waals surface area contributed by atoms with E-state index in [1.165, 1.54) is 0 Å². The normalized spacial score (nSPS) is 10.8. The van der Waals surface area contributed by atoms with Crippen molar-refractivity contribution in [3.63, 3.8) is 0 Å². The van der Waals surface area contributed by atoms with Crippen LogP contribution in [0.1, 0.15) is 17.2 Å². The summed E-state index contributed by atoms with van der Waals surface area (Å²) in [5.41, 5.74) is 6.40. The Morgan fingerprint density at radius 1 is 1.29 bits per heavy atom. The molecule has 0 aliphatic carbocycles. The Kier molecular flexibility index (Phi) is 3.99. The van der Waals surface area contributed by atoms with E-state index in [4.69, 9.17) is 28.9 Å².